The number of thioether (sulfide) groups is 1. The molecule has 3 nitrogen and oxygen atoms in total. The van der Waals surface area contributed by atoms with Crippen LogP contribution in [0.1, 0.15) is 12.5 Å². The van der Waals surface area contributed by atoms with E-state index >= 15 is 0 Å². The van der Waals surface area contributed by atoms with Gasteiger partial charge in [-0.3, -0.25) is 9.78 Å². The first-order valence-electron chi connectivity index (χ1n) is 7.61. The van der Waals surface area contributed by atoms with Crippen molar-refractivity contribution >= 4 is 34.3 Å². The average molecular weight is 322 g/mol. The maximum atomic E-state index is 12.2. The zero-order valence-electron chi connectivity index (χ0n) is 13.0. The van der Waals surface area contributed by atoms with E-state index in [4.69, 9.17) is 0 Å². The highest BCUT2D eigenvalue weighted by Gasteiger charge is 2.07. The number of nitrogens with zero attached hydrogens (tertiary/aromatic N) is 1. The van der Waals surface area contributed by atoms with E-state index in [1.165, 1.54) is 17.3 Å². The second-order valence-electron chi connectivity index (χ2n) is 5.22. The molecule has 4 heteroatoms. The molecular formula is C19H18N2OS. The molecule has 1 N–H and O–H groups in total. The van der Waals surface area contributed by atoms with Crippen LogP contribution in [0.3, 0.4) is 0 Å². The highest BCUT2D eigenvalue weighted by Crippen LogP contribution is 2.26. The van der Waals surface area contributed by atoms with Crippen LogP contribution in [-0.4, -0.2) is 16.6 Å². The van der Waals surface area contributed by atoms with Crippen LogP contribution >= 0.6 is 11.8 Å². The zero-order chi connectivity index (χ0) is 16.1. The fourth-order valence-corrected chi connectivity index (χ4v) is 3.25. The minimum absolute atomic E-state index is 0.00384. The SMILES string of the molecule is CCc1cccc(NC(=O)CSc2ccnc3ccccc23)c1. The molecule has 1 amide bonds. The molecule has 0 radical (unpaired) electrons. The van der Waals surface area contributed by atoms with E-state index in [-0.39, 0.29) is 5.91 Å². The van der Waals surface area contributed by atoms with Crippen LogP contribution in [0.25, 0.3) is 10.9 Å². The summed E-state index contributed by atoms with van der Waals surface area (Å²) in [6.45, 7) is 2.10. The third-order valence-electron chi connectivity index (χ3n) is 3.59. The number of hydrogen-bond donors (Lipinski definition) is 1. The Morgan fingerprint density at radius 3 is 2.87 bits per heavy atom. The number of fused-ring (bicyclic) bond motifs is 1. The van der Waals surface area contributed by atoms with Gasteiger partial charge in [0, 0.05) is 22.2 Å². The number of carbonyl (C=O) groups is 1. The lowest BCUT2D eigenvalue weighted by atomic mass is 10.1. The van der Waals surface area contributed by atoms with Crippen LogP contribution < -0.4 is 5.32 Å². The molecule has 1 heterocycles. The molecule has 0 bridgehead atoms. The highest BCUT2D eigenvalue weighted by molar-refractivity contribution is 8.00. The van der Waals surface area contributed by atoms with Crippen LogP contribution in [0.4, 0.5) is 5.69 Å². The summed E-state index contributed by atoms with van der Waals surface area (Å²) in [5.74, 6) is 0.383. The number of anilines is 1. The van der Waals surface area contributed by atoms with Crippen LogP contribution in [-0.2, 0) is 11.2 Å². The number of rotatable bonds is 5. The van der Waals surface area contributed by atoms with Gasteiger partial charge in [-0.15, -0.1) is 11.8 Å². The van der Waals surface area contributed by atoms with Gasteiger partial charge in [-0.25, -0.2) is 0 Å². The third-order valence-corrected chi connectivity index (χ3v) is 4.66. The van der Waals surface area contributed by atoms with E-state index in [1.54, 1.807) is 6.20 Å². The van der Waals surface area contributed by atoms with Crippen LogP contribution in [0.2, 0.25) is 0 Å². The lowest BCUT2D eigenvalue weighted by Crippen LogP contribution is -2.14. The van der Waals surface area contributed by atoms with Crippen molar-refractivity contribution in [2.24, 2.45) is 0 Å². The predicted molar refractivity (Wildman–Crippen MR) is 96.9 cm³/mol. The molecule has 0 aliphatic heterocycles. The average Bonchev–Trinajstić information content (AvgIpc) is 2.60. The van der Waals surface area contributed by atoms with E-state index in [0.29, 0.717) is 5.75 Å². The summed E-state index contributed by atoms with van der Waals surface area (Å²) in [7, 11) is 0. The van der Waals surface area contributed by atoms with E-state index in [1.807, 2.05) is 48.5 Å². The first kappa shape index (κ1) is 15.6. The van der Waals surface area contributed by atoms with Crippen LogP contribution in [0.5, 0.6) is 0 Å². The van der Waals surface area contributed by atoms with Crippen molar-refractivity contribution in [3.8, 4) is 0 Å². The van der Waals surface area contributed by atoms with E-state index in [9.17, 15) is 4.79 Å². The number of hydrogen-bond acceptors (Lipinski definition) is 3. The Kier molecular flexibility index (Phi) is 4.93. The lowest BCUT2D eigenvalue weighted by molar-refractivity contribution is -0.113. The van der Waals surface area contributed by atoms with Gasteiger partial charge < -0.3 is 5.32 Å². The number of aryl methyl sites for hydroxylation is 1. The molecule has 3 aromatic rings. The van der Waals surface area contributed by atoms with Gasteiger partial charge in [0.25, 0.3) is 0 Å². The Labute approximate surface area is 140 Å². The molecule has 0 aliphatic carbocycles. The molecule has 23 heavy (non-hydrogen) atoms. The molecule has 1 aromatic heterocycles. The summed E-state index contributed by atoms with van der Waals surface area (Å²) in [5, 5.41) is 4.04. The Bertz CT molecular complexity index is 827. The van der Waals surface area contributed by atoms with Crippen molar-refractivity contribution < 1.29 is 4.79 Å². The molecule has 0 fully saturated rings. The largest absolute Gasteiger partial charge is 0.325 e. The Morgan fingerprint density at radius 2 is 2.00 bits per heavy atom. The zero-order valence-corrected chi connectivity index (χ0v) is 13.8. The molecule has 0 saturated carbocycles. The Morgan fingerprint density at radius 1 is 1.13 bits per heavy atom. The van der Waals surface area contributed by atoms with Gasteiger partial charge in [-0.2, -0.15) is 0 Å². The normalized spacial score (nSPS) is 10.7. The van der Waals surface area contributed by atoms with Gasteiger partial charge in [0.15, 0.2) is 0 Å². The number of nitrogens with one attached hydrogen (secondary N) is 1. The van der Waals surface area contributed by atoms with Gasteiger partial charge in [-0.1, -0.05) is 37.3 Å². The first-order chi connectivity index (χ1) is 11.3. The third kappa shape index (κ3) is 3.90. The fraction of sp³-hybridized carbons (Fsp3) is 0.158. The second kappa shape index (κ2) is 7.29. The summed E-state index contributed by atoms with van der Waals surface area (Å²) in [6, 6.07) is 17.9. The lowest BCUT2D eigenvalue weighted by Gasteiger charge is -2.08. The van der Waals surface area contributed by atoms with Gasteiger partial charge >= 0.3 is 0 Å². The first-order valence-corrected chi connectivity index (χ1v) is 8.60. The molecular weight excluding hydrogens is 304 g/mol. The molecule has 0 saturated heterocycles. The van der Waals surface area contributed by atoms with Gasteiger partial charge in [0.05, 0.1) is 11.3 Å². The summed E-state index contributed by atoms with van der Waals surface area (Å²) in [5.41, 5.74) is 3.03. The smallest absolute Gasteiger partial charge is 0.234 e. The maximum Gasteiger partial charge on any atom is 0.234 e. The van der Waals surface area contributed by atoms with Gasteiger partial charge in [0.2, 0.25) is 5.91 Å². The van der Waals surface area contributed by atoms with Crippen molar-refractivity contribution in [2.45, 2.75) is 18.2 Å². The highest BCUT2D eigenvalue weighted by atomic mass is 32.2. The molecule has 0 aliphatic rings. The van der Waals surface area contributed by atoms with Crippen molar-refractivity contribution in [3.05, 3.63) is 66.4 Å². The maximum absolute atomic E-state index is 12.2. The number of para-hydroxylation sites is 1. The Balaban J connectivity index is 1.66. The predicted octanol–water partition coefficient (Wildman–Crippen LogP) is 4.53. The molecule has 2 aromatic carbocycles. The number of amides is 1. The fourth-order valence-electron chi connectivity index (χ4n) is 2.40. The molecule has 3 rings (SSSR count). The number of carbonyl (C=O) groups excluding carboxylic acids is 1. The number of aromatic nitrogens is 1. The van der Waals surface area contributed by atoms with E-state index in [2.05, 4.69) is 23.3 Å². The van der Waals surface area contributed by atoms with Gasteiger partial charge in [0.1, 0.15) is 0 Å². The van der Waals surface area contributed by atoms with Crippen molar-refractivity contribution in [3.63, 3.8) is 0 Å². The topological polar surface area (TPSA) is 42.0 Å². The molecule has 0 spiro atoms. The second-order valence-corrected chi connectivity index (χ2v) is 6.23. The summed E-state index contributed by atoms with van der Waals surface area (Å²) in [4.78, 5) is 17.6. The molecule has 0 atom stereocenters. The summed E-state index contributed by atoms with van der Waals surface area (Å²) < 4.78 is 0. The van der Waals surface area contributed by atoms with Crippen LogP contribution in [0.15, 0.2) is 65.7 Å². The molecule has 0 unspecified atom stereocenters. The number of pyridine rings is 1. The monoisotopic (exact) mass is 322 g/mol. The minimum atomic E-state index is 0.00384. The Hall–Kier alpha value is -2.33. The number of benzene rings is 2. The molecule has 116 valence electrons. The van der Waals surface area contributed by atoms with E-state index < -0.39 is 0 Å². The minimum Gasteiger partial charge on any atom is -0.325 e. The summed E-state index contributed by atoms with van der Waals surface area (Å²) >= 11 is 1.54. The van der Waals surface area contributed by atoms with Crippen molar-refractivity contribution in [2.75, 3.05) is 11.1 Å². The van der Waals surface area contributed by atoms with Crippen LogP contribution in [0, 0.1) is 0 Å². The van der Waals surface area contributed by atoms with Gasteiger partial charge in [-0.05, 0) is 36.2 Å². The van der Waals surface area contributed by atoms with E-state index in [0.717, 1.165) is 27.9 Å². The summed E-state index contributed by atoms with van der Waals surface area (Å²) in [6.07, 6.45) is 2.74. The quantitative estimate of drug-likeness (QED) is 0.702. The van der Waals surface area contributed by atoms with Crippen molar-refractivity contribution in [1.29, 1.82) is 0 Å². The van der Waals surface area contributed by atoms with Crippen molar-refractivity contribution in [1.82, 2.24) is 4.98 Å². The standard InChI is InChI=1S/C19H18N2OS/c1-2-14-6-5-7-15(12-14)21-19(22)13-23-18-10-11-20-17-9-4-3-8-16(17)18/h3-12H,2,13H2,1H3,(H,21,22).